The van der Waals surface area contributed by atoms with E-state index in [0.29, 0.717) is 11.4 Å². The first-order chi connectivity index (χ1) is 16.3. The molecule has 0 fully saturated rings. The highest BCUT2D eigenvalue weighted by Gasteiger charge is 2.40. The van der Waals surface area contributed by atoms with E-state index in [9.17, 15) is 14.4 Å². The van der Waals surface area contributed by atoms with Gasteiger partial charge in [0.25, 0.3) is 5.91 Å². The lowest BCUT2D eigenvalue weighted by Crippen LogP contribution is -2.53. The van der Waals surface area contributed by atoms with Crippen molar-refractivity contribution in [2.24, 2.45) is 16.1 Å². The number of imide groups is 1. The molecule has 9 nitrogen and oxygen atoms in total. The number of hydrogen-bond acceptors (Lipinski definition) is 8. The van der Waals surface area contributed by atoms with Crippen molar-refractivity contribution in [2.45, 2.75) is 46.3 Å². The smallest absolute Gasteiger partial charge is 0.418 e. The highest BCUT2D eigenvalue weighted by Crippen LogP contribution is 2.25. The van der Waals surface area contributed by atoms with Crippen LogP contribution in [0.1, 0.15) is 45.0 Å². The lowest BCUT2D eigenvalue weighted by molar-refractivity contribution is -0.147. The van der Waals surface area contributed by atoms with Crippen molar-refractivity contribution >= 4 is 35.0 Å². The zero-order chi connectivity index (χ0) is 26.3. The summed E-state index contributed by atoms with van der Waals surface area (Å²) in [5.41, 5.74) is 1.38. The number of methoxy groups -OCH3 is 1. The summed E-state index contributed by atoms with van der Waals surface area (Å²) in [6, 6.07) is 12.7. The number of hydrogen-bond donors (Lipinski definition) is 0. The molecule has 2 rings (SSSR count). The summed E-state index contributed by atoms with van der Waals surface area (Å²) in [5.74, 6) is -1.82. The summed E-state index contributed by atoms with van der Waals surface area (Å²) in [5, 5.41) is 8.45. The molecule has 0 aromatic heterocycles. The average Bonchev–Trinajstić information content (AvgIpc) is 2.79. The maximum Gasteiger partial charge on any atom is 0.418 e. The van der Waals surface area contributed by atoms with Crippen molar-refractivity contribution in [3.63, 3.8) is 0 Å². The van der Waals surface area contributed by atoms with Crippen LogP contribution in [0.4, 0.5) is 21.9 Å². The minimum absolute atomic E-state index is 0.157. The Morgan fingerprint density at radius 3 is 2.03 bits per heavy atom. The molecule has 0 bridgehead atoms. The van der Waals surface area contributed by atoms with Gasteiger partial charge in [-0.05, 0) is 69.2 Å². The molecular weight excluding hydrogens is 448 g/mol. The molecule has 0 unspecified atom stereocenters. The van der Waals surface area contributed by atoms with Gasteiger partial charge in [0.05, 0.1) is 18.5 Å². The molecule has 0 heterocycles. The van der Waals surface area contributed by atoms with Gasteiger partial charge in [0.1, 0.15) is 11.6 Å². The van der Waals surface area contributed by atoms with E-state index < -0.39 is 35.5 Å². The minimum atomic E-state index is -1.16. The van der Waals surface area contributed by atoms with E-state index in [0.717, 1.165) is 10.6 Å². The molecule has 1 atom stereocenters. The molecule has 9 heteroatoms. The van der Waals surface area contributed by atoms with Gasteiger partial charge in [-0.15, -0.1) is 0 Å². The Bertz CT molecular complexity index is 1070. The second kappa shape index (κ2) is 11.6. The van der Waals surface area contributed by atoms with E-state index in [1.807, 2.05) is 43.3 Å². The van der Waals surface area contributed by atoms with E-state index in [1.165, 1.54) is 13.2 Å². The zero-order valence-electron chi connectivity index (χ0n) is 21.6. The lowest BCUT2D eigenvalue weighted by atomic mass is 10.0. The number of azo groups is 1. The number of carbonyl (C=O) groups is 3. The molecular formula is C26H34N4O5. The first kappa shape index (κ1) is 27.5. The van der Waals surface area contributed by atoms with Gasteiger partial charge in [0.2, 0.25) is 0 Å². The fourth-order valence-electron chi connectivity index (χ4n) is 3.20. The van der Waals surface area contributed by atoms with Gasteiger partial charge in [-0.1, -0.05) is 19.9 Å². The molecule has 2 aromatic rings. The van der Waals surface area contributed by atoms with Crippen molar-refractivity contribution in [3.05, 3.63) is 54.1 Å². The Balaban J connectivity index is 2.39. The lowest BCUT2D eigenvalue weighted by Gasteiger charge is -2.32. The first-order valence-corrected chi connectivity index (χ1v) is 11.3. The van der Waals surface area contributed by atoms with E-state index in [1.54, 1.807) is 52.8 Å². The molecule has 0 aliphatic carbocycles. The van der Waals surface area contributed by atoms with Crippen LogP contribution in [-0.2, 0) is 14.3 Å². The Labute approximate surface area is 206 Å². The molecule has 188 valence electrons. The van der Waals surface area contributed by atoms with Crippen molar-refractivity contribution in [2.75, 3.05) is 26.1 Å². The maximum atomic E-state index is 13.5. The molecule has 2 aromatic carbocycles. The number of carbonyl (C=O) groups excluding carboxylic acids is 3. The van der Waals surface area contributed by atoms with Gasteiger partial charge in [-0.3, -0.25) is 4.79 Å². The maximum absolute atomic E-state index is 13.5. The monoisotopic (exact) mass is 482 g/mol. The van der Waals surface area contributed by atoms with Crippen LogP contribution in [0, 0.1) is 5.92 Å². The molecule has 0 radical (unpaired) electrons. The molecule has 0 N–H and O–H groups in total. The van der Waals surface area contributed by atoms with Crippen molar-refractivity contribution in [1.82, 2.24) is 4.90 Å². The van der Waals surface area contributed by atoms with Crippen LogP contribution in [0.25, 0.3) is 0 Å². The summed E-state index contributed by atoms with van der Waals surface area (Å²) in [4.78, 5) is 41.9. The topological polar surface area (TPSA) is 101 Å². The Morgan fingerprint density at radius 2 is 1.51 bits per heavy atom. The number of esters is 1. The van der Waals surface area contributed by atoms with Gasteiger partial charge in [0.15, 0.2) is 0 Å². The highest BCUT2D eigenvalue weighted by atomic mass is 16.6. The number of rotatable bonds is 7. The zero-order valence-corrected chi connectivity index (χ0v) is 21.6. The molecule has 0 spiro atoms. The third kappa shape index (κ3) is 7.63. The van der Waals surface area contributed by atoms with E-state index >= 15 is 0 Å². The van der Waals surface area contributed by atoms with Crippen LogP contribution in [0.15, 0.2) is 58.8 Å². The fourth-order valence-corrected chi connectivity index (χ4v) is 3.20. The summed E-state index contributed by atoms with van der Waals surface area (Å²) in [6.07, 6.45) is -0.931. The van der Waals surface area contributed by atoms with Gasteiger partial charge in [-0.25, -0.2) is 14.5 Å². The Kier molecular flexibility index (Phi) is 9.11. The van der Waals surface area contributed by atoms with Crippen molar-refractivity contribution in [3.8, 4) is 0 Å². The number of nitrogens with zero attached hydrogens (tertiary/aromatic N) is 4. The normalized spacial score (nSPS) is 12.4. The van der Waals surface area contributed by atoms with Crippen molar-refractivity contribution < 1.29 is 23.9 Å². The second-order valence-electron chi connectivity index (χ2n) is 9.53. The summed E-state index contributed by atoms with van der Waals surface area (Å²) in [6.45, 7) is 8.49. The molecule has 0 saturated heterocycles. The predicted molar refractivity (Wildman–Crippen MR) is 134 cm³/mol. The number of anilines is 1. The SMILES string of the molecule is COC(=O)[C@H](C(C)C)N(C(=O)OC(C)(C)C)C(=O)c1cccc(N=Nc2ccc(N(C)C)cc2)c1. The molecule has 0 aliphatic rings. The van der Waals surface area contributed by atoms with Crippen LogP contribution in [0.3, 0.4) is 0 Å². The molecule has 2 amide bonds. The predicted octanol–water partition coefficient (Wildman–Crippen LogP) is 5.74. The second-order valence-corrected chi connectivity index (χ2v) is 9.53. The van der Waals surface area contributed by atoms with Gasteiger partial charge >= 0.3 is 12.1 Å². The molecule has 0 saturated carbocycles. The van der Waals surface area contributed by atoms with Crippen LogP contribution in [0.2, 0.25) is 0 Å². The highest BCUT2D eigenvalue weighted by molar-refractivity contribution is 6.06. The number of amides is 2. The number of benzene rings is 2. The molecule has 35 heavy (non-hydrogen) atoms. The Hall–Kier alpha value is -3.75. The summed E-state index contributed by atoms with van der Waals surface area (Å²) < 4.78 is 10.3. The van der Waals surface area contributed by atoms with Crippen LogP contribution < -0.4 is 4.90 Å². The fraction of sp³-hybridized carbons (Fsp3) is 0.423. The quantitative estimate of drug-likeness (QED) is 0.368. The average molecular weight is 483 g/mol. The standard InChI is InChI=1S/C26H34N4O5/c1-17(2)22(24(32)34-8)30(25(33)35-26(3,4)5)23(31)18-10-9-11-20(16-18)28-27-19-12-14-21(15-13-19)29(6)7/h9-17,22H,1-8H3/t22-/m0/s1. The van der Waals surface area contributed by atoms with Crippen LogP contribution in [0.5, 0.6) is 0 Å². The third-order valence-electron chi connectivity index (χ3n) is 4.90. The first-order valence-electron chi connectivity index (χ1n) is 11.3. The largest absolute Gasteiger partial charge is 0.467 e. The van der Waals surface area contributed by atoms with Gasteiger partial charge < -0.3 is 14.4 Å². The van der Waals surface area contributed by atoms with E-state index in [4.69, 9.17) is 9.47 Å². The Morgan fingerprint density at radius 1 is 0.914 bits per heavy atom. The van der Waals surface area contributed by atoms with E-state index in [2.05, 4.69) is 10.2 Å². The summed E-state index contributed by atoms with van der Waals surface area (Å²) >= 11 is 0. The molecule has 0 aliphatic heterocycles. The van der Waals surface area contributed by atoms with E-state index in [-0.39, 0.29) is 5.56 Å². The third-order valence-corrected chi connectivity index (χ3v) is 4.90. The van der Waals surface area contributed by atoms with Gasteiger partial charge in [-0.2, -0.15) is 10.2 Å². The van der Waals surface area contributed by atoms with Crippen molar-refractivity contribution in [1.29, 1.82) is 0 Å². The summed E-state index contributed by atoms with van der Waals surface area (Å²) in [7, 11) is 5.11. The van der Waals surface area contributed by atoms with Crippen LogP contribution in [-0.4, -0.2) is 55.7 Å². The number of ether oxygens (including phenoxy) is 2. The van der Waals surface area contributed by atoms with Gasteiger partial charge in [0, 0.05) is 25.3 Å². The van der Waals surface area contributed by atoms with Crippen LogP contribution >= 0.6 is 0 Å². The minimum Gasteiger partial charge on any atom is -0.467 e.